The van der Waals surface area contributed by atoms with E-state index in [9.17, 15) is 14.9 Å². The van der Waals surface area contributed by atoms with E-state index in [1.165, 1.54) is 6.92 Å². The van der Waals surface area contributed by atoms with Gasteiger partial charge in [-0.15, -0.1) is 0 Å². The number of hydrogen-bond donors (Lipinski definition) is 0. The number of nitrogens with zero attached hydrogens (tertiary/aromatic N) is 3. The second-order valence-electron chi connectivity index (χ2n) is 6.56. The third-order valence-electron chi connectivity index (χ3n) is 4.70. The van der Waals surface area contributed by atoms with Crippen molar-refractivity contribution in [2.75, 3.05) is 69.0 Å². The minimum Gasteiger partial charge on any atom is -0.462 e. The lowest BCUT2D eigenvalue weighted by Crippen LogP contribution is -2.38. The van der Waals surface area contributed by atoms with E-state index >= 15 is 0 Å². The van der Waals surface area contributed by atoms with Gasteiger partial charge in [-0.3, -0.25) is 14.9 Å². The molecule has 0 aliphatic carbocycles. The summed E-state index contributed by atoms with van der Waals surface area (Å²) in [6, 6.07) is 3.22. The van der Waals surface area contributed by atoms with Gasteiger partial charge in [-0.25, -0.2) is 0 Å². The summed E-state index contributed by atoms with van der Waals surface area (Å²) in [5.41, 5.74) is 2.51. The highest BCUT2D eigenvalue weighted by Crippen LogP contribution is 2.37. The molecule has 0 spiro atoms. The summed E-state index contributed by atoms with van der Waals surface area (Å²) in [6.07, 6.45) is 3.64. The third-order valence-corrected chi connectivity index (χ3v) is 4.70. The molecule has 0 saturated carbocycles. The van der Waals surface area contributed by atoms with Gasteiger partial charge in [0, 0.05) is 50.8 Å². The molecule has 0 bridgehead atoms. The fourth-order valence-electron chi connectivity index (χ4n) is 3.35. The predicted molar refractivity (Wildman–Crippen MR) is 105 cm³/mol. The molecule has 2 saturated heterocycles. The first kappa shape index (κ1) is 20.1. The smallest absolute Gasteiger partial charge is 0.302 e. The minimum atomic E-state index is -0.361. The van der Waals surface area contributed by atoms with E-state index in [2.05, 4.69) is 9.80 Å². The number of non-ortho nitro benzene ring substituents is 1. The number of esters is 1. The van der Waals surface area contributed by atoms with Gasteiger partial charge in [0.05, 0.1) is 42.7 Å². The standard InChI is InChI=1S/C19H25N3O6/c1-15(23)28-8-2-3-17-18(20-4-9-26-10-5-20)13-16(22(24)25)14-19(17)21-6-11-27-12-7-21/h2-3,13-14H,4-12H2,1H3/b3-2+. The molecule has 0 amide bonds. The van der Waals surface area contributed by atoms with Crippen LogP contribution >= 0.6 is 0 Å². The highest BCUT2D eigenvalue weighted by Gasteiger charge is 2.24. The number of benzene rings is 1. The van der Waals surface area contributed by atoms with Crippen molar-refractivity contribution >= 4 is 29.1 Å². The van der Waals surface area contributed by atoms with Gasteiger partial charge in [-0.1, -0.05) is 6.08 Å². The average molecular weight is 391 g/mol. The van der Waals surface area contributed by atoms with Crippen molar-refractivity contribution in [3.8, 4) is 0 Å². The van der Waals surface area contributed by atoms with Crippen LogP contribution in [-0.2, 0) is 19.0 Å². The van der Waals surface area contributed by atoms with Gasteiger partial charge in [-0.05, 0) is 6.08 Å². The first-order valence-electron chi connectivity index (χ1n) is 9.34. The van der Waals surface area contributed by atoms with Crippen LogP contribution in [0.25, 0.3) is 6.08 Å². The fraction of sp³-hybridized carbons (Fsp3) is 0.526. The number of morpholine rings is 2. The average Bonchev–Trinajstić information content (AvgIpc) is 2.72. The van der Waals surface area contributed by atoms with Crippen molar-refractivity contribution < 1.29 is 23.9 Å². The molecule has 1 aromatic rings. The van der Waals surface area contributed by atoms with Gasteiger partial charge in [0.1, 0.15) is 6.61 Å². The second kappa shape index (κ2) is 9.52. The molecule has 9 nitrogen and oxygen atoms in total. The maximum atomic E-state index is 11.6. The normalized spacial score (nSPS) is 17.8. The molecule has 152 valence electrons. The van der Waals surface area contributed by atoms with E-state index < -0.39 is 0 Å². The Hall–Kier alpha value is -2.65. The fourth-order valence-corrected chi connectivity index (χ4v) is 3.35. The number of rotatable bonds is 6. The van der Waals surface area contributed by atoms with Crippen molar-refractivity contribution in [3.05, 3.63) is 33.9 Å². The maximum absolute atomic E-state index is 11.6. The summed E-state index contributed by atoms with van der Waals surface area (Å²) in [7, 11) is 0. The Kier molecular flexibility index (Phi) is 6.83. The van der Waals surface area contributed by atoms with Crippen LogP contribution in [0.3, 0.4) is 0 Å². The largest absolute Gasteiger partial charge is 0.462 e. The van der Waals surface area contributed by atoms with Crippen LogP contribution in [0.2, 0.25) is 0 Å². The zero-order valence-electron chi connectivity index (χ0n) is 16.0. The molecule has 9 heteroatoms. The molecule has 2 aliphatic heterocycles. The lowest BCUT2D eigenvalue weighted by molar-refractivity contribution is -0.384. The number of nitro groups is 1. The van der Waals surface area contributed by atoms with Gasteiger partial charge in [0.2, 0.25) is 0 Å². The molecular formula is C19H25N3O6. The number of ether oxygens (including phenoxy) is 3. The molecule has 0 atom stereocenters. The molecule has 2 heterocycles. The van der Waals surface area contributed by atoms with Crippen LogP contribution < -0.4 is 9.80 Å². The van der Waals surface area contributed by atoms with Crippen molar-refractivity contribution in [1.82, 2.24) is 0 Å². The van der Waals surface area contributed by atoms with Gasteiger partial charge < -0.3 is 24.0 Å². The molecule has 0 N–H and O–H groups in total. The lowest BCUT2D eigenvalue weighted by Gasteiger charge is -2.34. The van der Waals surface area contributed by atoms with Crippen molar-refractivity contribution in [3.63, 3.8) is 0 Å². The molecule has 1 aromatic carbocycles. The topological polar surface area (TPSA) is 94.4 Å². The first-order chi connectivity index (χ1) is 13.6. The highest BCUT2D eigenvalue weighted by atomic mass is 16.6. The van der Waals surface area contributed by atoms with Crippen molar-refractivity contribution in [2.24, 2.45) is 0 Å². The van der Waals surface area contributed by atoms with Gasteiger partial charge in [-0.2, -0.15) is 0 Å². The monoisotopic (exact) mass is 391 g/mol. The molecule has 0 aromatic heterocycles. The summed E-state index contributed by atoms with van der Waals surface area (Å²) < 4.78 is 15.9. The lowest BCUT2D eigenvalue weighted by atomic mass is 10.0. The summed E-state index contributed by atoms with van der Waals surface area (Å²) in [6.45, 7) is 6.46. The SMILES string of the molecule is CC(=O)OC/C=C/c1c(N2CCOCC2)cc([N+](=O)[O-])cc1N1CCOCC1. The van der Waals surface area contributed by atoms with E-state index in [4.69, 9.17) is 14.2 Å². The van der Waals surface area contributed by atoms with Crippen LogP contribution in [0.15, 0.2) is 18.2 Å². The number of carbonyl (C=O) groups is 1. The van der Waals surface area contributed by atoms with E-state index in [-0.39, 0.29) is 23.2 Å². The Balaban J connectivity index is 2.03. The van der Waals surface area contributed by atoms with Crippen molar-refractivity contribution in [1.29, 1.82) is 0 Å². The zero-order valence-corrected chi connectivity index (χ0v) is 16.0. The Morgan fingerprint density at radius 2 is 1.61 bits per heavy atom. The molecule has 0 unspecified atom stereocenters. The Bertz CT molecular complexity index is 700. The summed E-state index contributed by atoms with van der Waals surface area (Å²) >= 11 is 0. The predicted octanol–water partition coefficient (Wildman–Crippen LogP) is 1.84. The van der Waals surface area contributed by atoms with Gasteiger partial charge in [0.15, 0.2) is 0 Å². The second-order valence-corrected chi connectivity index (χ2v) is 6.56. The van der Waals surface area contributed by atoms with Crippen molar-refractivity contribution in [2.45, 2.75) is 6.92 Å². The molecule has 28 heavy (non-hydrogen) atoms. The quantitative estimate of drug-likeness (QED) is 0.412. The molecule has 3 rings (SSSR count). The first-order valence-corrected chi connectivity index (χ1v) is 9.34. The molecular weight excluding hydrogens is 366 g/mol. The van der Waals surface area contributed by atoms with E-state index in [1.54, 1.807) is 18.2 Å². The Labute approximate surface area is 163 Å². The number of carbonyl (C=O) groups excluding carboxylic acids is 1. The van der Waals surface area contributed by atoms with Crippen LogP contribution in [0.4, 0.5) is 17.1 Å². The highest BCUT2D eigenvalue weighted by molar-refractivity contribution is 5.82. The molecule has 2 fully saturated rings. The number of nitro benzene ring substituents is 1. The van der Waals surface area contributed by atoms with Crippen LogP contribution in [0.5, 0.6) is 0 Å². The Morgan fingerprint density at radius 3 is 2.04 bits per heavy atom. The zero-order chi connectivity index (χ0) is 19.9. The number of anilines is 2. The van der Waals surface area contributed by atoms with Crippen LogP contribution in [0, 0.1) is 10.1 Å². The summed E-state index contributed by atoms with van der Waals surface area (Å²) in [5, 5.41) is 11.6. The Morgan fingerprint density at radius 1 is 1.11 bits per heavy atom. The van der Waals surface area contributed by atoms with Crippen LogP contribution in [0.1, 0.15) is 12.5 Å². The van der Waals surface area contributed by atoms with Crippen LogP contribution in [-0.4, -0.2) is 70.1 Å². The van der Waals surface area contributed by atoms with Gasteiger partial charge in [0.25, 0.3) is 5.69 Å². The van der Waals surface area contributed by atoms with E-state index in [1.807, 2.05) is 6.08 Å². The summed E-state index contributed by atoms with van der Waals surface area (Å²) in [4.78, 5) is 26.4. The third kappa shape index (κ3) is 4.99. The van der Waals surface area contributed by atoms with Gasteiger partial charge >= 0.3 is 5.97 Å². The molecule has 0 radical (unpaired) electrons. The maximum Gasteiger partial charge on any atom is 0.302 e. The number of hydrogen-bond acceptors (Lipinski definition) is 8. The minimum absolute atomic E-state index is 0.0557. The van der Waals surface area contributed by atoms with E-state index in [0.29, 0.717) is 52.6 Å². The molecule has 2 aliphatic rings. The van der Waals surface area contributed by atoms with E-state index in [0.717, 1.165) is 16.9 Å². The summed E-state index contributed by atoms with van der Waals surface area (Å²) in [5.74, 6) is -0.352.